The van der Waals surface area contributed by atoms with Gasteiger partial charge in [0.2, 0.25) is 0 Å². The van der Waals surface area contributed by atoms with E-state index in [1.807, 2.05) is 55.5 Å². The number of aryl methyl sites for hydroxylation is 1. The molecule has 0 unspecified atom stereocenters. The molecule has 1 aromatic heterocycles. The number of carbonyl (C=O) groups is 1. The van der Waals surface area contributed by atoms with Crippen LogP contribution < -0.4 is 10.5 Å². The number of aromatic nitrogens is 1. The molecule has 0 aliphatic heterocycles. The number of carbonyl (C=O) groups excluding carboxylic acids is 1. The van der Waals surface area contributed by atoms with Crippen LogP contribution in [0.4, 0.5) is 0 Å². The van der Waals surface area contributed by atoms with E-state index in [1.54, 1.807) is 7.11 Å². The Hall–Kier alpha value is -3.01. The minimum absolute atomic E-state index is 0.391. The Morgan fingerprint density at radius 1 is 1.08 bits per heavy atom. The van der Waals surface area contributed by atoms with E-state index in [9.17, 15) is 4.79 Å². The average Bonchev–Trinajstić information content (AvgIpc) is 2.98. The van der Waals surface area contributed by atoms with Gasteiger partial charge >= 0.3 is 0 Å². The molecule has 3 rings (SSSR count). The van der Waals surface area contributed by atoms with Crippen LogP contribution in [0.25, 0.3) is 11.3 Å². The van der Waals surface area contributed by atoms with Crippen LogP contribution >= 0.6 is 0 Å². The Labute approximate surface area is 147 Å². The fourth-order valence-electron chi connectivity index (χ4n) is 3.06. The maximum Gasteiger partial charge on any atom is 0.250 e. The van der Waals surface area contributed by atoms with Crippen molar-refractivity contribution >= 4 is 5.91 Å². The SMILES string of the molecule is COc1ccc(CCn2c(-c3ccccc3)cc(C(N)=O)c2C)cc1. The molecule has 1 heterocycles. The quantitative estimate of drug-likeness (QED) is 0.745. The van der Waals surface area contributed by atoms with Gasteiger partial charge in [-0.2, -0.15) is 0 Å². The first-order valence-electron chi connectivity index (χ1n) is 8.28. The summed E-state index contributed by atoms with van der Waals surface area (Å²) in [5.74, 6) is 0.458. The number of nitrogens with two attached hydrogens (primary N) is 1. The number of rotatable bonds is 6. The van der Waals surface area contributed by atoms with Gasteiger partial charge in [0.05, 0.1) is 12.7 Å². The number of benzene rings is 2. The highest BCUT2D eigenvalue weighted by atomic mass is 16.5. The van der Waals surface area contributed by atoms with Gasteiger partial charge in [-0.3, -0.25) is 4.79 Å². The molecule has 25 heavy (non-hydrogen) atoms. The van der Waals surface area contributed by atoms with Crippen molar-refractivity contribution in [3.8, 4) is 17.0 Å². The van der Waals surface area contributed by atoms with Gasteiger partial charge in [-0.15, -0.1) is 0 Å². The minimum Gasteiger partial charge on any atom is -0.497 e. The lowest BCUT2D eigenvalue weighted by Crippen LogP contribution is -2.13. The zero-order chi connectivity index (χ0) is 17.8. The van der Waals surface area contributed by atoms with E-state index in [0.717, 1.165) is 35.7 Å². The molecule has 0 atom stereocenters. The normalized spacial score (nSPS) is 10.6. The first kappa shape index (κ1) is 16.8. The molecular weight excluding hydrogens is 312 g/mol. The highest BCUT2D eigenvalue weighted by Crippen LogP contribution is 2.26. The lowest BCUT2D eigenvalue weighted by atomic mass is 10.1. The third-order valence-electron chi connectivity index (χ3n) is 4.48. The molecule has 0 saturated heterocycles. The van der Waals surface area contributed by atoms with Gasteiger partial charge in [0, 0.05) is 17.9 Å². The van der Waals surface area contributed by atoms with Crippen LogP contribution in [0.3, 0.4) is 0 Å². The smallest absolute Gasteiger partial charge is 0.250 e. The third kappa shape index (κ3) is 3.58. The number of nitrogens with zero attached hydrogens (tertiary/aromatic N) is 1. The number of hydrogen-bond donors (Lipinski definition) is 1. The van der Waals surface area contributed by atoms with Gasteiger partial charge in [-0.05, 0) is 42.7 Å². The Kier molecular flexibility index (Phi) is 4.89. The van der Waals surface area contributed by atoms with Crippen LogP contribution in [-0.4, -0.2) is 17.6 Å². The van der Waals surface area contributed by atoms with Crippen molar-refractivity contribution in [3.05, 3.63) is 77.5 Å². The summed E-state index contributed by atoms with van der Waals surface area (Å²) in [6.07, 6.45) is 0.859. The van der Waals surface area contributed by atoms with Gasteiger partial charge in [-0.25, -0.2) is 0 Å². The van der Waals surface area contributed by atoms with Crippen LogP contribution in [0.2, 0.25) is 0 Å². The maximum atomic E-state index is 11.8. The van der Waals surface area contributed by atoms with Crippen molar-refractivity contribution in [2.75, 3.05) is 7.11 Å². The minimum atomic E-state index is -0.391. The zero-order valence-electron chi connectivity index (χ0n) is 14.5. The number of ether oxygens (including phenoxy) is 1. The monoisotopic (exact) mass is 334 g/mol. The highest BCUT2D eigenvalue weighted by Gasteiger charge is 2.16. The Morgan fingerprint density at radius 3 is 2.36 bits per heavy atom. The summed E-state index contributed by atoms with van der Waals surface area (Å²) >= 11 is 0. The molecule has 2 N–H and O–H groups in total. The summed E-state index contributed by atoms with van der Waals surface area (Å²) in [7, 11) is 1.66. The molecule has 0 radical (unpaired) electrons. The van der Waals surface area contributed by atoms with E-state index in [0.29, 0.717) is 5.56 Å². The highest BCUT2D eigenvalue weighted by molar-refractivity contribution is 5.95. The summed E-state index contributed by atoms with van der Waals surface area (Å²) < 4.78 is 7.37. The molecule has 4 heteroatoms. The molecule has 4 nitrogen and oxygen atoms in total. The maximum absolute atomic E-state index is 11.8. The number of primary amides is 1. The second-order valence-corrected chi connectivity index (χ2v) is 6.01. The molecule has 0 fully saturated rings. The van der Waals surface area contributed by atoms with Crippen molar-refractivity contribution in [2.24, 2.45) is 5.73 Å². The molecule has 1 amide bonds. The second-order valence-electron chi connectivity index (χ2n) is 6.01. The van der Waals surface area contributed by atoms with Gasteiger partial charge in [0.15, 0.2) is 0 Å². The van der Waals surface area contributed by atoms with Crippen molar-refractivity contribution in [3.63, 3.8) is 0 Å². The van der Waals surface area contributed by atoms with E-state index in [1.165, 1.54) is 5.56 Å². The van der Waals surface area contributed by atoms with Crippen molar-refractivity contribution < 1.29 is 9.53 Å². The molecule has 0 spiro atoms. The molecule has 0 bridgehead atoms. The standard InChI is InChI=1S/C21H22N2O2/c1-15-19(21(22)24)14-20(17-6-4-3-5-7-17)23(15)13-12-16-8-10-18(25-2)11-9-16/h3-11,14H,12-13H2,1-2H3,(H2,22,24). The molecule has 2 aromatic carbocycles. The molecule has 3 aromatic rings. The van der Waals surface area contributed by atoms with E-state index >= 15 is 0 Å². The first-order valence-corrected chi connectivity index (χ1v) is 8.28. The topological polar surface area (TPSA) is 57.2 Å². The molecule has 0 saturated carbocycles. The van der Waals surface area contributed by atoms with Gasteiger partial charge in [0.1, 0.15) is 5.75 Å². The van der Waals surface area contributed by atoms with E-state index in [4.69, 9.17) is 10.5 Å². The first-order chi connectivity index (χ1) is 12.1. The van der Waals surface area contributed by atoms with Crippen molar-refractivity contribution in [1.82, 2.24) is 4.57 Å². The summed E-state index contributed by atoms with van der Waals surface area (Å²) in [6, 6.07) is 20.0. The predicted octanol–water partition coefficient (Wildman–Crippen LogP) is 3.81. The Bertz CT molecular complexity index is 865. The van der Waals surface area contributed by atoms with Crippen LogP contribution in [0.5, 0.6) is 5.75 Å². The lowest BCUT2D eigenvalue weighted by Gasteiger charge is -2.12. The average molecular weight is 334 g/mol. The Balaban J connectivity index is 1.92. The van der Waals surface area contributed by atoms with Gasteiger partial charge in [-0.1, -0.05) is 42.5 Å². The van der Waals surface area contributed by atoms with E-state index < -0.39 is 5.91 Å². The zero-order valence-corrected chi connectivity index (χ0v) is 14.5. The third-order valence-corrected chi connectivity index (χ3v) is 4.48. The van der Waals surface area contributed by atoms with Crippen LogP contribution in [-0.2, 0) is 13.0 Å². The predicted molar refractivity (Wildman–Crippen MR) is 99.8 cm³/mol. The van der Waals surface area contributed by atoms with Gasteiger partial charge < -0.3 is 15.0 Å². The van der Waals surface area contributed by atoms with Crippen LogP contribution in [0.1, 0.15) is 21.6 Å². The number of methoxy groups -OCH3 is 1. The molecule has 0 aliphatic carbocycles. The molecular formula is C21H22N2O2. The fourth-order valence-corrected chi connectivity index (χ4v) is 3.06. The largest absolute Gasteiger partial charge is 0.497 e. The van der Waals surface area contributed by atoms with Crippen LogP contribution in [0, 0.1) is 6.92 Å². The van der Waals surface area contributed by atoms with Gasteiger partial charge in [0.25, 0.3) is 5.91 Å². The lowest BCUT2D eigenvalue weighted by molar-refractivity contribution is 0.0999. The fraction of sp³-hybridized carbons (Fsp3) is 0.190. The van der Waals surface area contributed by atoms with E-state index in [-0.39, 0.29) is 0 Å². The van der Waals surface area contributed by atoms with E-state index in [2.05, 4.69) is 16.7 Å². The summed E-state index contributed by atoms with van der Waals surface area (Å²) in [5.41, 5.74) is 10.3. The summed E-state index contributed by atoms with van der Waals surface area (Å²) in [5, 5.41) is 0. The molecule has 128 valence electrons. The number of hydrogen-bond acceptors (Lipinski definition) is 2. The summed E-state index contributed by atoms with van der Waals surface area (Å²) in [6.45, 7) is 2.72. The number of amides is 1. The molecule has 0 aliphatic rings. The summed E-state index contributed by atoms with van der Waals surface area (Å²) in [4.78, 5) is 11.8. The van der Waals surface area contributed by atoms with Crippen LogP contribution in [0.15, 0.2) is 60.7 Å². The Morgan fingerprint density at radius 2 is 1.76 bits per heavy atom. The second kappa shape index (κ2) is 7.26. The van der Waals surface area contributed by atoms with Crippen molar-refractivity contribution in [2.45, 2.75) is 19.9 Å². The van der Waals surface area contributed by atoms with Crippen molar-refractivity contribution in [1.29, 1.82) is 0 Å².